The van der Waals surface area contributed by atoms with Crippen LogP contribution < -0.4 is 0 Å². The Bertz CT molecular complexity index is 798. The molecular formula is C24H35NO6. The Morgan fingerprint density at radius 1 is 1.03 bits per heavy atom. The van der Waals surface area contributed by atoms with Gasteiger partial charge in [-0.05, 0) is 37.8 Å². The molecule has 0 spiro atoms. The van der Waals surface area contributed by atoms with Crippen molar-refractivity contribution in [2.45, 2.75) is 84.5 Å². The van der Waals surface area contributed by atoms with Gasteiger partial charge in [-0.3, -0.25) is 14.5 Å². The molecule has 31 heavy (non-hydrogen) atoms. The number of imide groups is 1. The van der Waals surface area contributed by atoms with Gasteiger partial charge in [0, 0.05) is 5.92 Å². The molecule has 1 aromatic rings. The first-order chi connectivity index (χ1) is 14.5. The molecule has 0 radical (unpaired) electrons. The summed E-state index contributed by atoms with van der Waals surface area (Å²) in [5, 5.41) is 21.7. The van der Waals surface area contributed by atoms with Crippen molar-refractivity contribution in [2.24, 2.45) is 11.3 Å². The van der Waals surface area contributed by atoms with E-state index in [1.54, 1.807) is 24.3 Å². The van der Waals surface area contributed by atoms with E-state index in [2.05, 4.69) is 0 Å². The highest BCUT2D eigenvalue weighted by atomic mass is 16.7. The van der Waals surface area contributed by atoms with E-state index in [9.17, 15) is 19.8 Å². The van der Waals surface area contributed by atoms with E-state index in [0.717, 1.165) is 11.3 Å². The Morgan fingerprint density at radius 2 is 1.58 bits per heavy atom. The fraction of sp³-hybridized carbons (Fsp3) is 0.667. The molecule has 172 valence electrons. The third kappa shape index (κ3) is 4.16. The predicted octanol–water partition coefficient (Wildman–Crippen LogP) is 2.99. The number of rotatable bonds is 7. The first-order valence-corrected chi connectivity index (χ1v) is 11.1. The molecule has 0 aromatic heterocycles. The average molecular weight is 434 g/mol. The number of hydrogen-bond acceptors (Lipinski definition) is 6. The summed E-state index contributed by atoms with van der Waals surface area (Å²) in [6, 6.07) is 5.61. The average Bonchev–Trinajstić information content (AvgIpc) is 2.98. The zero-order chi connectivity index (χ0) is 23.1. The van der Waals surface area contributed by atoms with Crippen LogP contribution in [0.3, 0.4) is 0 Å². The molecule has 0 saturated carbocycles. The molecule has 3 unspecified atom stereocenters. The van der Waals surface area contributed by atoms with Crippen LogP contribution in [-0.4, -0.2) is 63.7 Å². The Labute approximate surface area is 184 Å². The third-order valence-corrected chi connectivity index (χ3v) is 7.11. The van der Waals surface area contributed by atoms with Crippen molar-refractivity contribution in [1.82, 2.24) is 4.90 Å². The fourth-order valence-corrected chi connectivity index (χ4v) is 4.54. The molecule has 0 bridgehead atoms. The molecule has 1 aromatic carbocycles. The molecule has 3 rings (SSSR count). The number of carbonyl (C=O) groups is 2. The van der Waals surface area contributed by atoms with Gasteiger partial charge >= 0.3 is 0 Å². The number of benzene rings is 1. The first-order valence-electron chi connectivity index (χ1n) is 11.1. The summed E-state index contributed by atoms with van der Waals surface area (Å²) in [4.78, 5) is 27.6. The topological polar surface area (TPSA) is 96.3 Å². The Kier molecular flexibility index (Phi) is 6.63. The number of amides is 2. The quantitative estimate of drug-likeness (QED) is 0.642. The van der Waals surface area contributed by atoms with Crippen molar-refractivity contribution >= 4 is 11.8 Å². The van der Waals surface area contributed by atoms with Gasteiger partial charge in [0.2, 0.25) is 0 Å². The lowest BCUT2D eigenvalue weighted by molar-refractivity contribution is -0.305. The van der Waals surface area contributed by atoms with E-state index >= 15 is 0 Å². The Hall–Kier alpha value is -1.80. The van der Waals surface area contributed by atoms with Gasteiger partial charge in [0.15, 0.2) is 6.29 Å². The zero-order valence-corrected chi connectivity index (χ0v) is 19.3. The lowest BCUT2D eigenvalue weighted by Gasteiger charge is -2.52. The van der Waals surface area contributed by atoms with Crippen molar-refractivity contribution in [3.63, 3.8) is 0 Å². The van der Waals surface area contributed by atoms with Gasteiger partial charge in [0.1, 0.15) is 6.04 Å². The van der Waals surface area contributed by atoms with Crippen LogP contribution in [0.25, 0.3) is 0 Å². The summed E-state index contributed by atoms with van der Waals surface area (Å²) < 4.78 is 12.4. The van der Waals surface area contributed by atoms with E-state index in [4.69, 9.17) is 9.47 Å². The molecule has 5 atom stereocenters. The summed E-state index contributed by atoms with van der Waals surface area (Å²) in [5.41, 5.74) is -0.406. The second-order valence-electron chi connectivity index (χ2n) is 9.83. The van der Waals surface area contributed by atoms with Crippen molar-refractivity contribution in [3.05, 3.63) is 35.4 Å². The van der Waals surface area contributed by atoms with Crippen LogP contribution in [0.4, 0.5) is 0 Å². The molecule has 7 heteroatoms. The molecule has 2 heterocycles. The van der Waals surface area contributed by atoms with Crippen molar-refractivity contribution in [3.8, 4) is 0 Å². The summed E-state index contributed by atoms with van der Waals surface area (Å²) in [6.07, 6.45) is -1.50. The van der Waals surface area contributed by atoms with Crippen molar-refractivity contribution in [2.75, 3.05) is 6.61 Å². The maximum atomic E-state index is 13.2. The summed E-state index contributed by atoms with van der Waals surface area (Å²) in [7, 11) is 0. The van der Waals surface area contributed by atoms with Gasteiger partial charge in [-0.1, -0.05) is 46.2 Å². The van der Waals surface area contributed by atoms with Crippen LogP contribution in [0.1, 0.15) is 75.1 Å². The Morgan fingerprint density at radius 3 is 2.03 bits per heavy atom. The minimum absolute atomic E-state index is 0.299. The molecule has 2 N–H and O–H groups in total. The number of carbonyl (C=O) groups excluding carboxylic acids is 2. The van der Waals surface area contributed by atoms with Crippen LogP contribution in [0.15, 0.2) is 24.3 Å². The predicted molar refractivity (Wildman–Crippen MR) is 116 cm³/mol. The molecular weight excluding hydrogens is 398 g/mol. The van der Waals surface area contributed by atoms with E-state index in [0.29, 0.717) is 17.5 Å². The lowest BCUT2D eigenvalue weighted by atomic mass is 9.68. The molecule has 0 aliphatic carbocycles. The highest BCUT2D eigenvalue weighted by Gasteiger charge is 2.57. The number of nitrogens with zero attached hydrogens (tertiary/aromatic N) is 1. The van der Waals surface area contributed by atoms with E-state index < -0.39 is 53.3 Å². The largest absolute Gasteiger partial charge is 0.394 e. The van der Waals surface area contributed by atoms with Crippen molar-refractivity contribution in [1.29, 1.82) is 0 Å². The third-order valence-electron chi connectivity index (χ3n) is 7.11. The van der Waals surface area contributed by atoms with Crippen LogP contribution >= 0.6 is 0 Å². The van der Waals surface area contributed by atoms with Gasteiger partial charge < -0.3 is 19.7 Å². The summed E-state index contributed by atoms with van der Waals surface area (Å²) >= 11 is 0. The monoisotopic (exact) mass is 433 g/mol. The minimum Gasteiger partial charge on any atom is -0.394 e. The van der Waals surface area contributed by atoms with Crippen LogP contribution in [0.2, 0.25) is 0 Å². The minimum atomic E-state index is -1.12. The fourth-order valence-electron chi connectivity index (χ4n) is 4.54. The molecule has 7 nitrogen and oxygen atoms in total. The first kappa shape index (κ1) is 23.9. The maximum Gasteiger partial charge on any atom is 0.262 e. The molecule has 1 saturated heterocycles. The van der Waals surface area contributed by atoms with E-state index in [1.165, 1.54) is 0 Å². The zero-order valence-electron chi connectivity index (χ0n) is 19.3. The number of aliphatic hydroxyl groups is 2. The smallest absolute Gasteiger partial charge is 0.262 e. The highest BCUT2D eigenvalue weighted by Crippen LogP contribution is 2.44. The molecule has 2 amide bonds. The number of hydrogen-bond donors (Lipinski definition) is 2. The molecule has 2 aliphatic rings. The maximum absolute atomic E-state index is 13.2. The SMILES string of the molecule is CCC(C)(C)O[C@@H]1OC(CO)[C@@H](C(C)(C)CC)C(O)C1N1C(=O)c2ccccc2C1=O. The highest BCUT2D eigenvalue weighted by molar-refractivity contribution is 6.21. The van der Waals surface area contributed by atoms with Gasteiger partial charge in [-0.25, -0.2) is 0 Å². The van der Waals surface area contributed by atoms with Gasteiger partial charge in [0.05, 0.1) is 35.5 Å². The van der Waals surface area contributed by atoms with Crippen LogP contribution in [0.5, 0.6) is 0 Å². The molecule has 1 fully saturated rings. The molecule has 2 aliphatic heterocycles. The standard InChI is InChI=1S/C24H35NO6/c1-7-23(3,4)17-16(13-26)30-22(31-24(5,6)8-2)18(19(17)27)25-20(28)14-11-9-10-12-15(14)21(25)29/h9-12,16-19,22,26-27H,7-8,13H2,1-6H3/t16?,17-,18?,19?,22+/m1/s1. The second-order valence-corrected chi connectivity index (χ2v) is 9.83. The number of fused-ring (bicyclic) bond motifs is 1. The Balaban J connectivity index is 2.08. The van der Waals surface area contributed by atoms with Gasteiger partial charge in [-0.15, -0.1) is 0 Å². The summed E-state index contributed by atoms with van der Waals surface area (Å²) in [6.45, 7) is 11.4. The second kappa shape index (κ2) is 8.62. The van der Waals surface area contributed by atoms with E-state index in [-0.39, 0.29) is 6.61 Å². The normalized spacial score (nSPS) is 29.4. The number of aliphatic hydroxyl groups excluding tert-OH is 2. The van der Waals surface area contributed by atoms with Crippen LogP contribution in [0, 0.1) is 11.3 Å². The van der Waals surface area contributed by atoms with Crippen LogP contribution in [-0.2, 0) is 9.47 Å². The summed E-state index contributed by atoms with van der Waals surface area (Å²) in [5.74, 6) is -1.43. The number of ether oxygens (including phenoxy) is 2. The lowest BCUT2D eigenvalue weighted by Crippen LogP contribution is -2.66. The van der Waals surface area contributed by atoms with E-state index in [1.807, 2.05) is 41.5 Å². The van der Waals surface area contributed by atoms with Gasteiger partial charge in [0.25, 0.3) is 11.8 Å². The van der Waals surface area contributed by atoms with Crippen molar-refractivity contribution < 1.29 is 29.3 Å². The van der Waals surface area contributed by atoms with Gasteiger partial charge in [-0.2, -0.15) is 0 Å².